The number of fused-ring (bicyclic) bond motifs is 2. The monoisotopic (exact) mass is 537 g/mol. The summed E-state index contributed by atoms with van der Waals surface area (Å²) in [5.74, 6) is -0.586. The Balaban J connectivity index is 1.40. The predicted molar refractivity (Wildman–Crippen MR) is 150 cm³/mol. The van der Waals surface area contributed by atoms with Crippen LogP contribution in [0.3, 0.4) is 0 Å². The van der Waals surface area contributed by atoms with Gasteiger partial charge in [0.05, 0.1) is 17.4 Å². The molecule has 0 aliphatic carbocycles. The standard InChI is InChI=1S/C30H25F2N7O/c1-30(2,3)13-24(40)35-20-10-18(14-33-15-20)17-11-22-25(23(32)12-17)38-39-27(22)29-36-26-21(7-8-34-28(26)37-29)16-5-4-6-19(31)9-16/h4-12,14-15H,13H2,1-3H3,(H,35,40)(H,38,39)(H,34,36,37). The zero-order valence-electron chi connectivity index (χ0n) is 22.0. The largest absolute Gasteiger partial charge is 0.335 e. The summed E-state index contributed by atoms with van der Waals surface area (Å²) in [6, 6.07) is 13.0. The van der Waals surface area contributed by atoms with Gasteiger partial charge in [0.2, 0.25) is 5.91 Å². The minimum absolute atomic E-state index is 0.124. The average Bonchev–Trinajstić information content (AvgIpc) is 3.52. The second kappa shape index (κ2) is 9.64. The molecule has 4 heterocycles. The highest BCUT2D eigenvalue weighted by molar-refractivity contribution is 5.98. The van der Waals surface area contributed by atoms with Crippen molar-refractivity contribution < 1.29 is 13.6 Å². The van der Waals surface area contributed by atoms with Crippen LogP contribution in [0.25, 0.3) is 55.8 Å². The van der Waals surface area contributed by atoms with Gasteiger partial charge >= 0.3 is 0 Å². The SMILES string of the molecule is CC(C)(C)CC(=O)Nc1cncc(-c2cc(F)c3n[nH]c(-c4nc5nccc(-c6cccc(F)c6)c5[nH]4)c3c2)c1. The van der Waals surface area contributed by atoms with Crippen LogP contribution in [-0.4, -0.2) is 36.0 Å². The molecule has 0 fully saturated rings. The zero-order chi connectivity index (χ0) is 28.0. The van der Waals surface area contributed by atoms with Crippen molar-refractivity contribution >= 4 is 33.7 Å². The summed E-state index contributed by atoms with van der Waals surface area (Å²) in [5.41, 5.74) is 4.62. The molecular weight excluding hydrogens is 512 g/mol. The lowest BCUT2D eigenvalue weighted by Gasteiger charge is -2.17. The second-order valence-electron chi connectivity index (χ2n) is 10.9. The molecule has 0 unspecified atom stereocenters. The zero-order valence-corrected chi connectivity index (χ0v) is 22.0. The maximum Gasteiger partial charge on any atom is 0.224 e. The third-order valence-electron chi connectivity index (χ3n) is 6.42. The highest BCUT2D eigenvalue weighted by Crippen LogP contribution is 2.34. The van der Waals surface area contributed by atoms with Crippen molar-refractivity contribution in [1.29, 1.82) is 0 Å². The first-order valence-electron chi connectivity index (χ1n) is 12.7. The number of anilines is 1. The smallest absolute Gasteiger partial charge is 0.224 e. The van der Waals surface area contributed by atoms with Gasteiger partial charge in [0.15, 0.2) is 17.3 Å². The molecule has 8 nitrogen and oxygen atoms in total. The fourth-order valence-corrected chi connectivity index (χ4v) is 4.70. The van der Waals surface area contributed by atoms with Crippen molar-refractivity contribution in [3.63, 3.8) is 0 Å². The van der Waals surface area contributed by atoms with Crippen LogP contribution in [0.5, 0.6) is 0 Å². The number of imidazole rings is 1. The number of aromatic amines is 2. The van der Waals surface area contributed by atoms with E-state index in [9.17, 15) is 9.18 Å². The highest BCUT2D eigenvalue weighted by Gasteiger charge is 2.19. The lowest BCUT2D eigenvalue weighted by molar-refractivity contribution is -0.117. The van der Waals surface area contributed by atoms with Crippen molar-refractivity contribution in [2.24, 2.45) is 5.41 Å². The number of rotatable bonds is 5. The number of hydrogen-bond donors (Lipinski definition) is 3. The maximum atomic E-state index is 15.2. The van der Waals surface area contributed by atoms with E-state index >= 15 is 4.39 Å². The molecule has 2 aromatic carbocycles. The van der Waals surface area contributed by atoms with Gasteiger partial charge in [0.1, 0.15) is 17.0 Å². The molecule has 6 rings (SSSR count). The number of amides is 1. The molecule has 200 valence electrons. The normalized spacial score (nSPS) is 11.8. The topological polar surface area (TPSA) is 112 Å². The number of nitrogens with one attached hydrogen (secondary N) is 3. The summed E-state index contributed by atoms with van der Waals surface area (Å²) in [6.45, 7) is 5.96. The number of nitrogens with zero attached hydrogens (tertiary/aromatic N) is 4. The summed E-state index contributed by atoms with van der Waals surface area (Å²) in [6.07, 6.45) is 5.12. The van der Waals surface area contributed by atoms with Gasteiger partial charge in [-0.15, -0.1) is 0 Å². The number of hydrogen-bond acceptors (Lipinski definition) is 5. The molecule has 0 atom stereocenters. The number of carbonyl (C=O) groups excluding carboxylic acids is 1. The van der Waals surface area contributed by atoms with Gasteiger partial charge in [-0.1, -0.05) is 32.9 Å². The lowest BCUT2D eigenvalue weighted by atomic mass is 9.92. The first-order valence-corrected chi connectivity index (χ1v) is 12.7. The first kappa shape index (κ1) is 25.3. The molecule has 0 saturated heterocycles. The van der Waals surface area contributed by atoms with Crippen LogP contribution < -0.4 is 5.32 Å². The Labute approximate surface area is 227 Å². The Hall–Kier alpha value is -4.99. The minimum Gasteiger partial charge on any atom is -0.335 e. The number of pyridine rings is 2. The molecule has 0 bridgehead atoms. The van der Waals surface area contributed by atoms with E-state index < -0.39 is 5.82 Å². The third kappa shape index (κ3) is 4.91. The molecule has 0 aliphatic heterocycles. The summed E-state index contributed by atoms with van der Waals surface area (Å²) >= 11 is 0. The van der Waals surface area contributed by atoms with E-state index in [-0.39, 0.29) is 22.7 Å². The van der Waals surface area contributed by atoms with E-state index in [1.54, 1.807) is 48.9 Å². The lowest BCUT2D eigenvalue weighted by Crippen LogP contribution is -2.19. The van der Waals surface area contributed by atoms with Gasteiger partial charge in [0.25, 0.3) is 0 Å². The molecule has 1 amide bonds. The molecule has 10 heteroatoms. The maximum absolute atomic E-state index is 15.2. The summed E-state index contributed by atoms with van der Waals surface area (Å²) in [4.78, 5) is 28.9. The van der Waals surface area contributed by atoms with Crippen LogP contribution in [0.4, 0.5) is 14.5 Å². The molecule has 4 aromatic heterocycles. The molecule has 0 aliphatic rings. The molecular formula is C30H25F2N7O. The Bertz CT molecular complexity index is 1900. The molecule has 6 aromatic rings. The molecule has 0 spiro atoms. The number of benzene rings is 2. The quantitative estimate of drug-likeness (QED) is 0.222. The van der Waals surface area contributed by atoms with Crippen LogP contribution in [-0.2, 0) is 4.79 Å². The minimum atomic E-state index is -0.521. The van der Waals surface area contributed by atoms with Crippen LogP contribution in [0, 0.1) is 17.0 Å². The van der Waals surface area contributed by atoms with E-state index in [0.717, 1.165) is 5.56 Å². The fourth-order valence-electron chi connectivity index (χ4n) is 4.70. The Morgan fingerprint density at radius 3 is 2.65 bits per heavy atom. The highest BCUT2D eigenvalue weighted by atomic mass is 19.1. The summed E-state index contributed by atoms with van der Waals surface area (Å²) in [7, 11) is 0. The Morgan fingerprint density at radius 2 is 1.85 bits per heavy atom. The molecule has 40 heavy (non-hydrogen) atoms. The van der Waals surface area contributed by atoms with E-state index in [4.69, 9.17) is 0 Å². The molecule has 3 N–H and O–H groups in total. The van der Waals surface area contributed by atoms with Crippen LogP contribution in [0.15, 0.2) is 67.1 Å². The van der Waals surface area contributed by atoms with Crippen LogP contribution >= 0.6 is 0 Å². The number of halogens is 2. The van der Waals surface area contributed by atoms with Crippen molar-refractivity contribution in [2.45, 2.75) is 27.2 Å². The molecule has 0 saturated carbocycles. The number of H-pyrrole nitrogens is 2. The predicted octanol–water partition coefficient (Wildman–Crippen LogP) is 6.88. The van der Waals surface area contributed by atoms with Crippen LogP contribution in [0.1, 0.15) is 27.2 Å². The Kier molecular flexibility index (Phi) is 6.10. The summed E-state index contributed by atoms with van der Waals surface area (Å²) < 4.78 is 29.1. The van der Waals surface area contributed by atoms with Crippen molar-refractivity contribution in [3.8, 4) is 33.8 Å². The van der Waals surface area contributed by atoms with Crippen LogP contribution in [0.2, 0.25) is 0 Å². The van der Waals surface area contributed by atoms with E-state index in [1.807, 2.05) is 20.8 Å². The number of aromatic nitrogens is 6. The van der Waals surface area contributed by atoms with Gasteiger partial charge in [-0.05, 0) is 52.9 Å². The third-order valence-corrected chi connectivity index (χ3v) is 6.42. The van der Waals surface area contributed by atoms with Gasteiger partial charge in [-0.2, -0.15) is 5.10 Å². The summed E-state index contributed by atoms with van der Waals surface area (Å²) in [5, 5.41) is 10.4. The van der Waals surface area contributed by atoms with Crippen molar-refractivity contribution in [2.75, 3.05) is 5.32 Å². The van der Waals surface area contributed by atoms with Gasteiger partial charge in [-0.3, -0.25) is 14.9 Å². The van der Waals surface area contributed by atoms with E-state index in [0.29, 0.717) is 56.9 Å². The average molecular weight is 538 g/mol. The Morgan fingerprint density at radius 1 is 1.00 bits per heavy atom. The van der Waals surface area contributed by atoms with E-state index in [1.165, 1.54) is 18.2 Å². The van der Waals surface area contributed by atoms with Gasteiger partial charge < -0.3 is 10.3 Å². The van der Waals surface area contributed by atoms with Crippen molar-refractivity contribution in [3.05, 3.63) is 78.8 Å². The first-order chi connectivity index (χ1) is 19.1. The second-order valence-corrected chi connectivity index (χ2v) is 10.9. The number of carbonyl (C=O) groups is 1. The molecule has 0 radical (unpaired) electrons. The van der Waals surface area contributed by atoms with Gasteiger partial charge in [0, 0.05) is 35.3 Å². The van der Waals surface area contributed by atoms with Gasteiger partial charge in [-0.25, -0.2) is 18.7 Å². The van der Waals surface area contributed by atoms with Crippen molar-refractivity contribution in [1.82, 2.24) is 30.1 Å². The van der Waals surface area contributed by atoms with E-state index in [2.05, 4.69) is 35.5 Å². The fraction of sp³-hybridized carbons (Fsp3) is 0.167.